The van der Waals surface area contributed by atoms with E-state index in [4.69, 9.17) is 0 Å². The quantitative estimate of drug-likeness (QED) is 0.490. The Labute approximate surface area is 79.2 Å². The van der Waals surface area contributed by atoms with Gasteiger partial charge in [0.15, 0.2) is 5.78 Å². The van der Waals surface area contributed by atoms with Gasteiger partial charge in [-0.25, -0.2) is 8.78 Å². The number of ether oxygens (including phenoxy) is 1. The normalized spacial score (nSPS) is 12.4. The van der Waals surface area contributed by atoms with E-state index >= 15 is 0 Å². The van der Waals surface area contributed by atoms with Crippen molar-refractivity contribution in [1.29, 1.82) is 0 Å². The summed E-state index contributed by atoms with van der Waals surface area (Å²) in [5.74, 6) is -4.48. The minimum Gasteiger partial charge on any atom is -0.468 e. The van der Waals surface area contributed by atoms with Gasteiger partial charge in [-0.2, -0.15) is 0 Å². The molecule has 4 nitrogen and oxygen atoms in total. The summed E-state index contributed by atoms with van der Waals surface area (Å²) in [6, 6.07) is 0. The molecule has 1 unspecified atom stereocenters. The van der Waals surface area contributed by atoms with Gasteiger partial charge < -0.3 is 4.74 Å². The SMILES string of the molecule is COC(=O)C(CC(=O)C(F)F)C(C)=O. The van der Waals surface area contributed by atoms with Gasteiger partial charge in [0.25, 0.3) is 6.43 Å². The molecule has 0 N–H and O–H groups in total. The van der Waals surface area contributed by atoms with Crippen molar-refractivity contribution in [1.82, 2.24) is 0 Å². The number of esters is 1. The average Bonchev–Trinajstić information content (AvgIpc) is 2.11. The highest BCUT2D eigenvalue weighted by atomic mass is 19.3. The van der Waals surface area contributed by atoms with Gasteiger partial charge in [0, 0.05) is 6.42 Å². The molecule has 0 aliphatic carbocycles. The molecule has 6 heteroatoms. The Kier molecular flexibility index (Phi) is 4.90. The van der Waals surface area contributed by atoms with Crippen molar-refractivity contribution in [2.45, 2.75) is 19.8 Å². The van der Waals surface area contributed by atoms with Crippen LogP contribution in [0.1, 0.15) is 13.3 Å². The molecule has 0 bridgehead atoms. The van der Waals surface area contributed by atoms with Crippen molar-refractivity contribution in [3.8, 4) is 0 Å². The zero-order valence-electron chi connectivity index (χ0n) is 7.75. The number of ketones is 2. The fraction of sp³-hybridized carbons (Fsp3) is 0.625. The maximum atomic E-state index is 11.8. The summed E-state index contributed by atoms with van der Waals surface area (Å²) >= 11 is 0. The number of methoxy groups -OCH3 is 1. The smallest absolute Gasteiger partial charge is 0.316 e. The van der Waals surface area contributed by atoms with Gasteiger partial charge in [0.2, 0.25) is 0 Å². The maximum absolute atomic E-state index is 11.8. The van der Waals surface area contributed by atoms with Gasteiger partial charge in [-0.1, -0.05) is 0 Å². The lowest BCUT2D eigenvalue weighted by molar-refractivity contribution is -0.151. The van der Waals surface area contributed by atoms with Crippen LogP contribution in [0.15, 0.2) is 0 Å². The first-order chi connectivity index (χ1) is 6.40. The predicted molar refractivity (Wildman–Crippen MR) is 41.8 cm³/mol. The van der Waals surface area contributed by atoms with Crippen molar-refractivity contribution in [3.05, 3.63) is 0 Å². The topological polar surface area (TPSA) is 60.4 Å². The Bertz CT molecular complexity index is 250. The van der Waals surface area contributed by atoms with Crippen LogP contribution in [0.4, 0.5) is 8.78 Å². The van der Waals surface area contributed by atoms with E-state index in [1.165, 1.54) is 0 Å². The van der Waals surface area contributed by atoms with E-state index in [1.807, 2.05) is 0 Å². The average molecular weight is 208 g/mol. The third kappa shape index (κ3) is 3.59. The zero-order valence-corrected chi connectivity index (χ0v) is 7.75. The highest BCUT2D eigenvalue weighted by Crippen LogP contribution is 2.11. The number of carbonyl (C=O) groups is 3. The second-order valence-corrected chi connectivity index (χ2v) is 2.66. The van der Waals surface area contributed by atoms with Crippen LogP contribution >= 0.6 is 0 Å². The summed E-state index contributed by atoms with van der Waals surface area (Å²) in [7, 11) is 1.02. The number of Topliss-reactive ketones (excluding diaryl/α,β-unsaturated/α-hetero) is 2. The molecule has 0 aliphatic rings. The van der Waals surface area contributed by atoms with Gasteiger partial charge in [-0.05, 0) is 6.92 Å². The molecular weight excluding hydrogens is 198 g/mol. The van der Waals surface area contributed by atoms with Crippen molar-refractivity contribution in [2.24, 2.45) is 5.92 Å². The van der Waals surface area contributed by atoms with E-state index in [9.17, 15) is 23.2 Å². The summed E-state index contributed by atoms with van der Waals surface area (Å²) < 4.78 is 27.8. The molecule has 80 valence electrons. The van der Waals surface area contributed by atoms with Gasteiger partial charge in [0.05, 0.1) is 7.11 Å². The van der Waals surface area contributed by atoms with Crippen molar-refractivity contribution >= 4 is 17.5 Å². The Morgan fingerprint density at radius 1 is 1.29 bits per heavy atom. The minimum absolute atomic E-state index is 0.661. The van der Waals surface area contributed by atoms with E-state index in [0.29, 0.717) is 0 Å². The largest absolute Gasteiger partial charge is 0.468 e. The standard InChI is InChI=1S/C8H10F2O4/c1-4(11)5(8(13)14-2)3-6(12)7(9)10/h5,7H,3H2,1-2H3. The first-order valence-electron chi connectivity index (χ1n) is 3.79. The number of alkyl halides is 2. The summed E-state index contributed by atoms with van der Waals surface area (Å²) in [6.45, 7) is 1.04. The van der Waals surface area contributed by atoms with Gasteiger partial charge in [0.1, 0.15) is 11.7 Å². The minimum atomic E-state index is -3.17. The van der Waals surface area contributed by atoms with Gasteiger partial charge >= 0.3 is 5.97 Å². The van der Waals surface area contributed by atoms with Crippen LogP contribution in [0.25, 0.3) is 0 Å². The molecule has 0 aromatic rings. The van der Waals surface area contributed by atoms with E-state index < -0.39 is 36.3 Å². The first kappa shape index (κ1) is 12.7. The number of hydrogen-bond acceptors (Lipinski definition) is 4. The number of carbonyl (C=O) groups excluding carboxylic acids is 3. The second kappa shape index (κ2) is 5.41. The van der Waals surface area contributed by atoms with Gasteiger partial charge in [-0.3, -0.25) is 14.4 Å². The van der Waals surface area contributed by atoms with E-state index in [2.05, 4.69) is 4.74 Å². The summed E-state index contributed by atoms with van der Waals surface area (Å²) in [4.78, 5) is 32.2. The molecule has 0 rings (SSSR count). The van der Waals surface area contributed by atoms with Crippen LogP contribution in [-0.4, -0.2) is 31.1 Å². The lowest BCUT2D eigenvalue weighted by Crippen LogP contribution is -2.28. The maximum Gasteiger partial charge on any atom is 0.316 e. The van der Waals surface area contributed by atoms with E-state index in [-0.39, 0.29) is 0 Å². The van der Waals surface area contributed by atoms with Crippen LogP contribution in [0.2, 0.25) is 0 Å². The van der Waals surface area contributed by atoms with Crippen molar-refractivity contribution in [2.75, 3.05) is 7.11 Å². The molecule has 0 amide bonds. The summed E-state index contributed by atoms with van der Waals surface area (Å²) in [5.41, 5.74) is 0. The van der Waals surface area contributed by atoms with Crippen LogP contribution in [0.5, 0.6) is 0 Å². The molecule has 0 aromatic heterocycles. The molecular formula is C8H10F2O4. The monoisotopic (exact) mass is 208 g/mol. The third-order valence-corrected chi connectivity index (χ3v) is 1.63. The van der Waals surface area contributed by atoms with E-state index in [1.54, 1.807) is 0 Å². The molecule has 0 spiro atoms. The number of rotatable bonds is 5. The third-order valence-electron chi connectivity index (χ3n) is 1.63. The van der Waals surface area contributed by atoms with Crippen molar-refractivity contribution in [3.63, 3.8) is 0 Å². The Morgan fingerprint density at radius 2 is 1.79 bits per heavy atom. The highest BCUT2D eigenvalue weighted by Gasteiger charge is 2.30. The van der Waals surface area contributed by atoms with Crippen LogP contribution in [-0.2, 0) is 19.1 Å². The Hall–Kier alpha value is -1.33. The molecule has 1 atom stereocenters. The fourth-order valence-corrected chi connectivity index (χ4v) is 0.826. The van der Waals surface area contributed by atoms with E-state index in [0.717, 1.165) is 14.0 Å². The molecule has 0 saturated carbocycles. The molecule has 0 heterocycles. The van der Waals surface area contributed by atoms with Crippen LogP contribution in [0.3, 0.4) is 0 Å². The molecule has 0 aliphatic heterocycles. The molecule has 0 fully saturated rings. The molecule has 0 radical (unpaired) electrons. The second-order valence-electron chi connectivity index (χ2n) is 2.66. The predicted octanol–water partition coefficient (Wildman–Crippen LogP) is 0.589. The fourth-order valence-electron chi connectivity index (χ4n) is 0.826. The Morgan fingerprint density at radius 3 is 2.07 bits per heavy atom. The highest BCUT2D eigenvalue weighted by molar-refractivity contribution is 6.01. The Balaban J connectivity index is 4.46. The molecule has 14 heavy (non-hydrogen) atoms. The van der Waals surface area contributed by atoms with Crippen LogP contribution in [0, 0.1) is 5.92 Å². The zero-order chi connectivity index (χ0) is 11.3. The van der Waals surface area contributed by atoms with Crippen LogP contribution < -0.4 is 0 Å². The lowest BCUT2D eigenvalue weighted by atomic mass is 9.99. The molecule has 0 saturated heterocycles. The summed E-state index contributed by atoms with van der Waals surface area (Å²) in [6.07, 6.45) is -3.97. The summed E-state index contributed by atoms with van der Waals surface area (Å²) in [5, 5.41) is 0. The molecule has 0 aromatic carbocycles. The lowest BCUT2D eigenvalue weighted by Gasteiger charge is -2.09. The van der Waals surface area contributed by atoms with Gasteiger partial charge in [-0.15, -0.1) is 0 Å². The van der Waals surface area contributed by atoms with Crippen molar-refractivity contribution < 1.29 is 27.9 Å². The first-order valence-corrected chi connectivity index (χ1v) is 3.79. The number of halogens is 2. The number of hydrogen-bond donors (Lipinski definition) is 0.